The molecule has 0 saturated carbocycles. The highest BCUT2D eigenvalue weighted by atomic mass is 16.5. The largest absolute Gasteiger partial charge is 0.462 e. The second-order valence-electron chi connectivity index (χ2n) is 4.01. The molecule has 2 N–H and O–H groups in total. The highest BCUT2D eigenvalue weighted by molar-refractivity contribution is 5.37. The fourth-order valence-electron chi connectivity index (χ4n) is 0.776. The van der Waals surface area contributed by atoms with Crippen LogP contribution in [0, 0.1) is 0 Å². The van der Waals surface area contributed by atoms with E-state index in [0.717, 1.165) is 6.42 Å². The van der Waals surface area contributed by atoms with Crippen LogP contribution in [0.4, 0.5) is 0 Å². The van der Waals surface area contributed by atoms with Gasteiger partial charge in [0.1, 0.15) is 5.60 Å². The molecule has 4 heteroatoms. The number of aliphatic hydroxyl groups is 1. The summed E-state index contributed by atoms with van der Waals surface area (Å²) in [4.78, 5) is 9.60. The number of hydrogen-bond acceptors (Lipinski definition) is 4. The minimum absolute atomic E-state index is 0.243. The van der Waals surface area contributed by atoms with E-state index >= 15 is 0 Å². The number of carbonyl (C=O) groups is 1. The lowest BCUT2D eigenvalue weighted by atomic mass is 10.2. The summed E-state index contributed by atoms with van der Waals surface area (Å²) in [6.07, 6.45) is 4.86. The van der Waals surface area contributed by atoms with E-state index in [-0.39, 0.29) is 12.2 Å². The van der Waals surface area contributed by atoms with E-state index in [9.17, 15) is 4.79 Å². The number of ether oxygens (including phenoxy) is 1. The Morgan fingerprint density at radius 1 is 1.64 bits per heavy atom. The molecular weight excluding hydrogens is 182 g/mol. The summed E-state index contributed by atoms with van der Waals surface area (Å²) in [6.45, 7) is 6.16. The molecule has 0 unspecified atom stereocenters. The SMILES string of the molecule is CC(C)(C)OC=O.OC[C@@H]1CC=CN1. The number of carbonyl (C=O) groups excluding carboxylic acids is 1. The van der Waals surface area contributed by atoms with Gasteiger partial charge in [-0.25, -0.2) is 0 Å². The van der Waals surface area contributed by atoms with E-state index in [1.54, 1.807) is 0 Å². The monoisotopic (exact) mass is 201 g/mol. The molecule has 4 nitrogen and oxygen atoms in total. The van der Waals surface area contributed by atoms with Crippen molar-refractivity contribution >= 4 is 6.47 Å². The van der Waals surface area contributed by atoms with Crippen molar-refractivity contribution in [2.24, 2.45) is 0 Å². The van der Waals surface area contributed by atoms with Gasteiger partial charge in [-0.05, 0) is 33.4 Å². The molecule has 1 aliphatic heterocycles. The van der Waals surface area contributed by atoms with E-state index in [1.165, 1.54) is 0 Å². The van der Waals surface area contributed by atoms with E-state index < -0.39 is 0 Å². The Balaban J connectivity index is 0.000000241. The fourth-order valence-corrected chi connectivity index (χ4v) is 0.776. The average Bonchev–Trinajstić information content (AvgIpc) is 2.54. The molecule has 1 atom stereocenters. The van der Waals surface area contributed by atoms with Crippen LogP contribution < -0.4 is 5.32 Å². The molecule has 0 saturated heterocycles. The van der Waals surface area contributed by atoms with Crippen LogP contribution in [0.25, 0.3) is 0 Å². The summed E-state index contributed by atoms with van der Waals surface area (Å²) in [5.74, 6) is 0. The third-order valence-electron chi connectivity index (χ3n) is 1.49. The van der Waals surface area contributed by atoms with Crippen molar-refractivity contribution in [2.75, 3.05) is 6.61 Å². The maximum atomic E-state index is 9.60. The first kappa shape index (κ1) is 13.0. The van der Waals surface area contributed by atoms with Gasteiger partial charge in [-0.2, -0.15) is 0 Å². The van der Waals surface area contributed by atoms with Crippen molar-refractivity contribution in [3.63, 3.8) is 0 Å². The van der Waals surface area contributed by atoms with Crippen LogP contribution in [0.1, 0.15) is 27.2 Å². The first-order chi connectivity index (χ1) is 6.49. The van der Waals surface area contributed by atoms with Gasteiger partial charge in [0.05, 0.1) is 12.6 Å². The maximum absolute atomic E-state index is 9.60. The van der Waals surface area contributed by atoms with E-state index in [2.05, 4.69) is 10.1 Å². The topological polar surface area (TPSA) is 58.6 Å². The zero-order valence-electron chi connectivity index (χ0n) is 8.99. The van der Waals surface area contributed by atoms with Gasteiger partial charge in [-0.15, -0.1) is 0 Å². The van der Waals surface area contributed by atoms with Crippen molar-refractivity contribution in [3.8, 4) is 0 Å². The van der Waals surface area contributed by atoms with Crippen molar-refractivity contribution < 1.29 is 14.6 Å². The van der Waals surface area contributed by atoms with E-state index in [1.807, 2.05) is 33.0 Å². The van der Waals surface area contributed by atoms with Crippen LogP contribution in [0.15, 0.2) is 12.3 Å². The third kappa shape index (κ3) is 7.61. The Morgan fingerprint density at radius 3 is 2.43 bits per heavy atom. The van der Waals surface area contributed by atoms with Crippen LogP contribution >= 0.6 is 0 Å². The Kier molecular flexibility index (Phi) is 5.95. The lowest BCUT2D eigenvalue weighted by Gasteiger charge is -2.14. The molecule has 0 radical (unpaired) electrons. The Hall–Kier alpha value is -1.03. The van der Waals surface area contributed by atoms with Gasteiger partial charge in [0.2, 0.25) is 0 Å². The predicted molar refractivity (Wildman–Crippen MR) is 54.7 cm³/mol. The number of nitrogens with one attached hydrogen (secondary N) is 1. The van der Waals surface area contributed by atoms with E-state index in [4.69, 9.17) is 5.11 Å². The number of hydrogen-bond donors (Lipinski definition) is 2. The Morgan fingerprint density at radius 2 is 2.29 bits per heavy atom. The summed E-state index contributed by atoms with van der Waals surface area (Å²) >= 11 is 0. The molecule has 0 aromatic rings. The molecule has 0 spiro atoms. The number of rotatable bonds is 2. The summed E-state index contributed by atoms with van der Waals surface area (Å²) < 4.78 is 4.55. The van der Waals surface area contributed by atoms with Gasteiger partial charge < -0.3 is 15.2 Å². The normalized spacial score (nSPS) is 19.3. The molecule has 14 heavy (non-hydrogen) atoms. The first-order valence-electron chi connectivity index (χ1n) is 4.63. The summed E-state index contributed by atoms with van der Waals surface area (Å²) in [7, 11) is 0. The second kappa shape index (κ2) is 6.43. The van der Waals surface area contributed by atoms with E-state index in [0.29, 0.717) is 12.5 Å². The average molecular weight is 201 g/mol. The zero-order chi connectivity index (χ0) is 11.0. The van der Waals surface area contributed by atoms with Gasteiger partial charge in [0.25, 0.3) is 6.47 Å². The molecule has 0 bridgehead atoms. The quantitative estimate of drug-likeness (QED) is 0.649. The molecule has 82 valence electrons. The summed E-state index contributed by atoms with van der Waals surface area (Å²) in [6, 6.07) is 0.292. The molecule has 1 aliphatic rings. The van der Waals surface area contributed by atoms with Gasteiger partial charge in [-0.1, -0.05) is 6.08 Å². The zero-order valence-corrected chi connectivity index (χ0v) is 8.99. The molecular formula is C10H19NO3. The summed E-state index contributed by atoms with van der Waals surface area (Å²) in [5, 5.41) is 11.4. The van der Waals surface area contributed by atoms with Crippen molar-refractivity contribution in [2.45, 2.75) is 38.8 Å². The van der Waals surface area contributed by atoms with Crippen molar-refractivity contribution in [3.05, 3.63) is 12.3 Å². The minimum Gasteiger partial charge on any atom is -0.462 e. The summed E-state index contributed by atoms with van der Waals surface area (Å²) in [5.41, 5.74) is -0.318. The van der Waals surface area contributed by atoms with Gasteiger partial charge in [-0.3, -0.25) is 4.79 Å². The van der Waals surface area contributed by atoms with Crippen LogP contribution in [0.3, 0.4) is 0 Å². The standard InChI is InChI=1S/C5H9NO.C5H10O2/c7-4-5-2-1-3-6-5;1-5(2,3)7-4-6/h1,3,5-7H,2,4H2;4H,1-3H3/t5-;/m0./s1. The van der Waals surface area contributed by atoms with Crippen molar-refractivity contribution in [1.29, 1.82) is 0 Å². The lowest BCUT2D eigenvalue weighted by molar-refractivity contribution is -0.138. The Labute approximate surface area is 85.0 Å². The predicted octanol–water partition coefficient (Wildman–Crippen LogP) is 0.812. The molecule has 1 heterocycles. The smallest absolute Gasteiger partial charge is 0.293 e. The highest BCUT2D eigenvalue weighted by Crippen LogP contribution is 2.02. The highest BCUT2D eigenvalue weighted by Gasteiger charge is 2.07. The molecule has 1 rings (SSSR count). The third-order valence-corrected chi connectivity index (χ3v) is 1.49. The first-order valence-corrected chi connectivity index (χ1v) is 4.63. The molecule has 0 amide bonds. The van der Waals surface area contributed by atoms with Gasteiger partial charge in [0, 0.05) is 0 Å². The molecule has 0 aromatic carbocycles. The fraction of sp³-hybridized carbons (Fsp3) is 0.700. The van der Waals surface area contributed by atoms with Gasteiger partial charge in [0.15, 0.2) is 0 Å². The van der Waals surface area contributed by atoms with Crippen LogP contribution in [0.5, 0.6) is 0 Å². The second-order valence-corrected chi connectivity index (χ2v) is 4.01. The minimum atomic E-state index is -0.318. The number of aliphatic hydroxyl groups excluding tert-OH is 1. The molecule has 0 fully saturated rings. The van der Waals surface area contributed by atoms with Crippen molar-refractivity contribution in [1.82, 2.24) is 5.32 Å². The van der Waals surface area contributed by atoms with Crippen LogP contribution in [-0.4, -0.2) is 29.8 Å². The molecule has 0 aromatic heterocycles. The lowest BCUT2D eigenvalue weighted by Crippen LogP contribution is -2.22. The van der Waals surface area contributed by atoms with Crippen LogP contribution in [-0.2, 0) is 9.53 Å². The van der Waals surface area contributed by atoms with Crippen LogP contribution in [0.2, 0.25) is 0 Å². The Bertz CT molecular complexity index is 176. The molecule has 0 aliphatic carbocycles. The van der Waals surface area contributed by atoms with Gasteiger partial charge >= 0.3 is 0 Å². The maximum Gasteiger partial charge on any atom is 0.293 e.